The van der Waals surface area contributed by atoms with Crippen molar-refractivity contribution in [2.75, 3.05) is 0 Å². The van der Waals surface area contributed by atoms with Crippen LogP contribution in [-0.2, 0) is 9.59 Å². The first kappa shape index (κ1) is 10.3. The van der Waals surface area contributed by atoms with Crippen molar-refractivity contribution in [2.24, 2.45) is 0 Å². The Morgan fingerprint density at radius 3 is 2.56 bits per heavy atom. The first-order chi connectivity index (χ1) is 7.68. The Labute approximate surface area is 90.2 Å². The second kappa shape index (κ2) is 4.11. The maximum Gasteiger partial charge on any atom is 0.342 e. The summed E-state index contributed by atoms with van der Waals surface area (Å²) in [6, 6.07) is -0.537. The number of rotatable bonds is 2. The van der Waals surface area contributed by atoms with Gasteiger partial charge in [0, 0.05) is 25.2 Å². The molecule has 0 atom stereocenters. The molecule has 1 aliphatic heterocycles. The standard InChI is InChI=1S/C8H9N5O3/c14-6-1-2-7(15)13(6)11-10-8(16)12-4-3-9-5-12/h3-5,11H,1-2H2,(H,10,16). The Balaban J connectivity index is 1.90. The van der Waals surface area contributed by atoms with Crippen LogP contribution in [0.4, 0.5) is 4.79 Å². The summed E-state index contributed by atoms with van der Waals surface area (Å²) in [6.45, 7) is 0. The molecule has 3 amide bonds. The highest BCUT2D eigenvalue weighted by molar-refractivity contribution is 6.01. The van der Waals surface area contributed by atoms with E-state index >= 15 is 0 Å². The molecule has 1 aromatic heterocycles. The minimum atomic E-state index is -0.537. The molecule has 0 spiro atoms. The zero-order valence-corrected chi connectivity index (χ0v) is 8.21. The monoisotopic (exact) mass is 223 g/mol. The highest BCUT2D eigenvalue weighted by atomic mass is 16.2. The van der Waals surface area contributed by atoms with Crippen molar-refractivity contribution in [3.63, 3.8) is 0 Å². The van der Waals surface area contributed by atoms with Crippen molar-refractivity contribution in [2.45, 2.75) is 12.8 Å². The Bertz CT molecular complexity index is 411. The van der Waals surface area contributed by atoms with Crippen molar-refractivity contribution in [1.29, 1.82) is 0 Å². The molecule has 2 N–H and O–H groups in total. The molecule has 2 rings (SSSR count). The van der Waals surface area contributed by atoms with Crippen LogP contribution in [0.5, 0.6) is 0 Å². The van der Waals surface area contributed by atoms with Crippen molar-refractivity contribution in [3.05, 3.63) is 18.7 Å². The average molecular weight is 223 g/mol. The van der Waals surface area contributed by atoms with Gasteiger partial charge in [-0.25, -0.2) is 9.78 Å². The second-order valence-corrected chi connectivity index (χ2v) is 3.13. The number of carbonyl (C=O) groups excluding carboxylic acids is 3. The Kier molecular flexibility index (Phi) is 2.64. The zero-order valence-electron chi connectivity index (χ0n) is 8.21. The normalized spacial score (nSPS) is 15.6. The molecule has 0 aliphatic carbocycles. The summed E-state index contributed by atoms with van der Waals surface area (Å²) in [7, 11) is 0. The van der Waals surface area contributed by atoms with Gasteiger partial charge in [0.15, 0.2) is 0 Å². The van der Waals surface area contributed by atoms with Gasteiger partial charge in [0.25, 0.3) is 0 Å². The molecule has 0 aromatic carbocycles. The minimum Gasteiger partial charge on any atom is -0.273 e. The lowest BCUT2D eigenvalue weighted by atomic mass is 10.4. The molecular formula is C8H9N5O3. The Hall–Kier alpha value is -2.22. The zero-order chi connectivity index (χ0) is 11.5. The fourth-order valence-corrected chi connectivity index (χ4v) is 1.25. The van der Waals surface area contributed by atoms with Crippen LogP contribution in [0.2, 0.25) is 0 Å². The number of nitrogens with one attached hydrogen (secondary N) is 2. The molecule has 0 unspecified atom stereocenters. The van der Waals surface area contributed by atoms with E-state index in [-0.39, 0.29) is 24.7 Å². The molecule has 0 bridgehead atoms. The number of hydrogen-bond acceptors (Lipinski definition) is 5. The average Bonchev–Trinajstić information content (AvgIpc) is 2.87. The largest absolute Gasteiger partial charge is 0.342 e. The van der Waals surface area contributed by atoms with Crippen molar-refractivity contribution in [3.8, 4) is 0 Å². The van der Waals surface area contributed by atoms with E-state index in [1.165, 1.54) is 18.7 Å². The van der Waals surface area contributed by atoms with Crippen LogP contribution in [-0.4, -0.2) is 32.4 Å². The maximum atomic E-state index is 11.4. The van der Waals surface area contributed by atoms with Gasteiger partial charge in [0.2, 0.25) is 11.8 Å². The summed E-state index contributed by atoms with van der Waals surface area (Å²) in [5, 5.41) is 0.787. The number of hydrogen-bond donors (Lipinski definition) is 2. The molecule has 8 heteroatoms. The summed E-state index contributed by atoms with van der Waals surface area (Å²) < 4.78 is 1.16. The summed E-state index contributed by atoms with van der Waals surface area (Å²) in [5.41, 5.74) is 4.46. The van der Waals surface area contributed by atoms with Crippen molar-refractivity contribution in [1.82, 2.24) is 25.5 Å². The third-order valence-corrected chi connectivity index (χ3v) is 2.07. The van der Waals surface area contributed by atoms with Gasteiger partial charge < -0.3 is 0 Å². The molecule has 1 aromatic rings. The summed E-state index contributed by atoms with van der Waals surface area (Å²) in [4.78, 5) is 37.4. The molecular weight excluding hydrogens is 214 g/mol. The predicted molar refractivity (Wildman–Crippen MR) is 50.4 cm³/mol. The van der Waals surface area contributed by atoms with E-state index in [1.54, 1.807) is 0 Å². The van der Waals surface area contributed by atoms with Crippen LogP contribution in [0.3, 0.4) is 0 Å². The van der Waals surface area contributed by atoms with Crippen molar-refractivity contribution < 1.29 is 14.4 Å². The Morgan fingerprint density at radius 2 is 2.00 bits per heavy atom. The van der Waals surface area contributed by atoms with Crippen LogP contribution in [0, 0.1) is 0 Å². The van der Waals surface area contributed by atoms with Gasteiger partial charge in [0.1, 0.15) is 6.33 Å². The summed E-state index contributed by atoms with van der Waals surface area (Å²) in [6.07, 6.45) is 4.49. The van der Waals surface area contributed by atoms with E-state index in [0.717, 1.165) is 9.58 Å². The van der Waals surface area contributed by atoms with Crippen LogP contribution >= 0.6 is 0 Å². The molecule has 0 saturated carbocycles. The van der Waals surface area contributed by atoms with Gasteiger partial charge in [-0.15, -0.1) is 5.53 Å². The molecule has 1 saturated heterocycles. The lowest BCUT2D eigenvalue weighted by molar-refractivity contribution is -0.142. The van der Waals surface area contributed by atoms with Crippen molar-refractivity contribution >= 4 is 17.8 Å². The number of nitrogens with zero attached hydrogens (tertiary/aromatic N) is 3. The molecule has 84 valence electrons. The smallest absolute Gasteiger partial charge is 0.273 e. The highest BCUT2D eigenvalue weighted by Crippen LogP contribution is 2.07. The Morgan fingerprint density at radius 1 is 1.31 bits per heavy atom. The third-order valence-electron chi connectivity index (χ3n) is 2.07. The topological polar surface area (TPSA) is 96.3 Å². The van der Waals surface area contributed by atoms with E-state index in [1.807, 2.05) is 0 Å². The van der Waals surface area contributed by atoms with Gasteiger partial charge >= 0.3 is 6.03 Å². The molecule has 1 fully saturated rings. The number of imide groups is 1. The van der Waals surface area contributed by atoms with E-state index in [4.69, 9.17) is 0 Å². The number of hydrazine groups is 2. The van der Waals surface area contributed by atoms with E-state index in [0.29, 0.717) is 0 Å². The summed E-state index contributed by atoms with van der Waals surface area (Å²) in [5.74, 6) is -0.730. The van der Waals surface area contributed by atoms with E-state index < -0.39 is 6.03 Å². The van der Waals surface area contributed by atoms with E-state index in [2.05, 4.69) is 15.9 Å². The number of imidazole rings is 1. The fourth-order valence-electron chi connectivity index (χ4n) is 1.25. The lowest BCUT2D eigenvalue weighted by Crippen LogP contribution is -2.52. The van der Waals surface area contributed by atoms with Crippen LogP contribution in [0.1, 0.15) is 12.8 Å². The molecule has 16 heavy (non-hydrogen) atoms. The van der Waals surface area contributed by atoms with Crippen LogP contribution < -0.4 is 11.0 Å². The number of carbonyl (C=O) groups is 3. The quantitative estimate of drug-likeness (QED) is 0.495. The van der Waals surface area contributed by atoms with Gasteiger partial charge in [-0.3, -0.25) is 19.6 Å². The van der Waals surface area contributed by atoms with Gasteiger partial charge in [0.05, 0.1) is 0 Å². The second-order valence-electron chi connectivity index (χ2n) is 3.13. The van der Waals surface area contributed by atoms with Gasteiger partial charge in [-0.05, 0) is 0 Å². The first-order valence-corrected chi connectivity index (χ1v) is 4.58. The fraction of sp³-hybridized carbons (Fsp3) is 0.250. The highest BCUT2D eigenvalue weighted by Gasteiger charge is 2.29. The minimum absolute atomic E-state index is 0.160. The predicted octanol–water partition coefficient (Wildman–Crippen LogP) is -0.991. The summed E-state index contributed by atoms with van der Waals surface area (Å²) >= 11 is 0. The number of aromatic nitrogens is 2. The van der Waals surface area contributed by atoms with Crippen LogP contribution in [0.15, 0.2) is 18.7 Å². The maximum absolute atomic E-state index is 11.4. The first-order valence-electron chi connectivity index (χ1n) is 4.58. The molecule has 2 heterocycles. The molecule has 0 radical (unpaired) electrons. The van der Waals surface area contributed by atoms with E-state index in [9.17, 15) is 14.4 Å². The van der Waals surface area contributed by atoms with Gasteiger partial charge in [-0.2, -0.15) is 5.01 Å². The van der Waals surface area contributed by atoms with Crippen LogP contribution in [0.25, 0.3) is 0 Å². The molecule has 8 nitrogen and oxygen atoms in total. The third kappa shape index (κ3) is 1.91. The van der Waals surface area contributed by atoms with Gasteiger partial charge in [-0.1, -0.05) is 0 Å². The molecule has 1 aliphatic rings. The number of amides is 3. The SMILES string of the molecule is O=C1CCC(=O)N1NNC(=O)n1ccnc1. The lowest BCUT2D eigenvalue weighted by Gasteiger charge is -2.15.